The van der Waals surface area contributed by atoms with Crippen molar-refractivity contribution in [2.45, 2.75) is 37.3 Å². The number of benzene rings is 1. The molecule has 0 saturated carbocycles. The lowest BCUT2D eigenvalue weighted by Crippen LogP contribution is -2.54. The number of nitrogens with two attached hydrogens (primary N) is 1. The van der Waals surface area contributed by atoms with E-state index in [0.717, 1.165) is 0 Å². The van der Waals surface area contributed by atoms with Gasteiger partial charge in [-0.3, -0.25) is 9.59 Å². The minimum absolute atomic E-state index is 0.0384. The maximum atomic E-state index is 12.7. The van der Waals surface area contributed by atoms with Gasteiger partial charge in [-0.2, -0.15) is 13.2 Å². The fraction of sp³-hybridized carbons (Fsp3) is 0.500. The first kappa shape index (κ1) is 24.0. The summed E-state index contributed by atoms with van der Waals surface area (Å²) in [6.45, 7) is 2.86. The van der Waals surface area contributed by atoms with Gasteiger partial charge in [-0.25, -0.2) is 0 Å². The molecule has 2 heterocycles. The number of morpholine rings is 1. The number of hydroxylamine groups is 1. The molecule has 0 aromatic heterocycles. The van der Waals surface area contributed by atoms with Crippen LogP contribution in [0.4, 0.5) is 13.2 Å². The summed E-state index contributed by atoms with van der Waals surface area (Å²) in [5, 5.41) is 12.0. The molecule has 32 heavy (non-hydrogen) atoms. The van der Waals surface area contributed by atoms with Crippen LogP contribution in [0.25, 0.3) is 0 Å². The number of nitrogens with one attached hydrogen (secondary N) is 2. The van der Waals surface area contributed by atoms with Gasteiger partial charge < -0.3 is 30.6 Å². The van der Waals surface area contributed by atoms with Gasteiger partial charge in [0.2, 0.25) is 5.76 Å². The largest absolute Gasteiger partial charge is 0.416 e. The van der Waals surface area contributed by atoms with Gasteiger partial charge in [-0.1, -0.05) is 12.1 Å². The van der Waals surface area contributed by atoms with Crippen molar-refractivity contribution in [2.24, 2.45) is 5.73 Å². The summed E-state index contributed by atoms with van der Waals surface area (Å²) >= 11 is 0. The number of alkyl halides is 3. The first-order valence-electron chi connectivity index (χ1n) is 9.99. The van der Waals surface area contributed by atoms with Gasteiger partial charge in [-0.05, 0) is 30.7 Å². The Labute approximate surface area is 182 Å². The van der Waals surface area contributed by atoms with Crippen LogP contribution in [0, 0.1) is 0 Å². The average molecular weight is 458 g/mol. The number of aliphatic hydroxyl groups is 1. The van der Waals surface area contributed by atoms with E-state index < -0.39 is 30.3 Å². The van der Waals surface area contributed by atoms with Gasteiger partial charge >= 0.3 is 6.18 Å². The van der Waals surface area contributed by atoms with Gasteiger partial charge in [0, 0.05) is 18.7 Å². The standard InChI is InChI=1S/C20H25F3N4O5/c1-11-8-15(32-26-11)19(30)27-6-7-31-10-14(27)9-25-18(29)13-4-2-12(3-5-13)16(24)17(28)20(21,22)23/h2-5,8,11,14,16-17,26,28H,6-7,9-10,24H2,1H3,(H,25,29)/t11?,14-,16+,17?/m1/s1. The number of hydrogen-bond donors (Lipinski definition) is 4. The summed E-state index contributed by atoms with van der Waals surface area (Å²) in [5.74, 6) is -0.610. The number of halogens is 3. The van der Waals surface area contributed by atoms with Crippen molar-refractivity contribution in [1.82, 2.24) is 15.7 Å². The molecular formula is C20H25F3N4O5. The zero-order valence-corrected chi connectivity index (χ0v) is 17.3. The Balaban J connectivity index is 1.59. The average Bonchev–Trinajstić information content (AvgIpc) is 3.22. The third kappa shape index (κ3) is 5.57. The van der Waals surface area contributed by atoms with Crippen LogP contribution < -0.4 is 16.5 Å². The van der Waals surface area contributed by atoms with Gasteiger partial charge in [0.25, 0.3) is 11.8 Å². The predicted octanol–water partition coefficient (Wildman–Crippen LogP) is 0.374. The lowest BCUT2D eigenvalue weighted by atomic mass is 10.0. The molecule has 9 nitrogen and oxygen atoms in total. The number of nitrogens with zero attached hydrogens (tertiary/aromatic N) is 1. The fourth-order valence-corrected chi connectivity index (χ4v) is 3.35. The minimum Gasteiger partial charge on any atom is -0.403 e. The van der Waals surface area contributed by atoms with Crippen LogP contribution in [-0.2, 0) is 14.4 Å². The summed E-state index contributed by atoms with van der Waals surface area (Å²) < 4.78 is 43.3. The van der Waals surface area contributed by atoms with Crippen molar-refractivity contribution >= 4 is 11.8 Å². The summed E-state index contributed by atoms with van der Waals surface area (Å²) in [6, 6.07) is 2.96. The molecule has 3 rings (SSSR count). The second-order valence-electron chi connectivity index (χ2n) is 7.61. The Morgan fingerprint density at radius 1 is 1.34 bits per heavy atom. The maximum Gasteiger partial charge on any atom is 0.416 e. The molecule has 0 bridgehead atoms. The van der Waals surface area contributed by atoms with Crippen molar-refractivity contribution in [1.29, 1.82) is 0 Å². The van der Waals surface area contributed by atoms with E-state index in [4.69, 9.17) is 15.3 Å². The molecule has 0 spiro atoms. The molecule has 2 aliphatic heterocycles. The van der Waals surface area contributed by atoms with Crippen molar-refractivity contribution in [3.63, 3.8) is 0 Å². The summed E-state index contributed by atoms with van der Waals surface area (Å²) in [5.41, 5.74) is 8.38. The predicted molar refractivity (Wildman–Crippen MR) is 106 cm³/mol. The lowest BCUT2D eigenvalue weighted by Gasteiger charge is -2.35. The molecule has 2 amide bonds. The highest BCUT2D eigenvalue weighted by atomic mass is 19.4. The van der Waals surface area contributed by atoms with Crippen LogP contribution in [-0.4, -0.2) is 72.5 Å². The topological polar surface area (TPSA) is 126 Å². The van der Waals surface area contributed by atoms with Crippen LogP contribution in [0.1, 0.15) is 28.9 Å². The zero-order valence-electron chi connectivity index (χ0n) is 17.3. The highest BCUT2D eigenvalue weighted by Gasteiger charge is 2.42. The van der Waals surface area contributed by atoms with E-state index in [-0.39, 0.29) is 42.0 Å². The summed E-state index contributed by atoms with van der Waals surface area (Å²) in [7, 11) is 0. The molecule has 1 saturated heterocycles. The first-order valence-corrected chi connectivity index (χ1v) is 9.99. The van der Waals surface area contributed by atoms with E-state index in [0.29, 0.717) is 13.2 Å². The molecule has 4 atom stereocenters. The smallest absolute Gasteiger partial charge is 0.403 e. The Bertz CT molecular complexity index is 862. The number of aliphatic hydroxyl groups excluding tert-OH is 1. The van der Waals surface area contributed by atoms with E-state index >= 15 is 0 Å². The van der Waals surface area contributed by atoms with Crippen LogP contribution in [0.2, 0.25) is 0 Å². The molecular weight excluding hydrogens is 433 g/mol. The molecule has 2 unspecified atom stereocenters. The highest BCUT2D eigenvalue weighted by Crippen LogP contribution is 2.28. The van der Waals surface area contributed by atoms with Crippen LogP contribution in [0.5, 0.6) is 0 Å². The molecule has 0 aliphatic carbocycles. The Morgan fingerprint density at radius 2 is 2.03 bits per heavy atom. The Kier molecular flexibility index (Phi) is 7.39. The third-order valence-electron chi connectivity index (χ3n) is 5.19. The Hall–Kier alpha value is -2.67. The second kappa shape index (κ2) is 9.86. The van der Waals surface area contributed by atoms with E-state index in [1.54, 1.807) is 11.0 Å². The summed E-state index contributed by atoms with van der Waals surface area (Å²) in [4.78, 5) is 31.9. The molecule has 2 aliphatic rings. The molecule has 5 N–H and O–H groups in total. The normalized spacial score (nSPS) is 23.2. The number of ether oxygens (including phenoxy) is 1. The molecule has 1 fully saturated rings. The second-order valence-corrected chi connectivity index (χ2v) is 7.61. The molecule has 12 heteroatoms. The SMILES string of the molecule is CC1C=C(C(=O)N2CCOC[C@H]2CNC(=O)c2ccc([C@H](N)C(O)C(F)(F)F)cc2)ON1. The zero-order chi connectivity index (χ0) is 23.5. The first-order chi connectivity index (χ1) is 15.1. The van der Waals surface area contributed by atoms with Crippen molar-refractivity contribution in [2.75, 3.05) is 26.3 Å². The maximum absolute atomic E-state index is 12.7. The quantitative estimate of drug-likeness (QED) is 0.485. The van der Waals surface area contributed by atoms with Gasteiger partial charge in [0.1, 0.15) is 0 Å². The molecule has 176 valence electrons. The minimum atomic E-state index is -4.85. The number of amides is 2. The van der Waals surface area contributed by atoms with E-state index in [1.165, 1.54) is 24.3 Å². The number of carbonyl (C=O) groups is 2. The molecule has 1 aromatic carbocycles. The third-order valence-corrected chi connectivity index (χ3v) is 5.19. The summed E-state index contributed by atoms with van der Waals surface area (Å²) in [6.07, 6.45) is -5.90. The fourth-order valence-electron chi connectivity index (χ4n) is 3.35. The molecule has 1 aromatic rings. The number of hydrogen-bond acceptors (Lipinski definition) is 7. The van der Waals surface area contributed by atoms with Crippen molar-refractivity contribution < 1.29 is 37.4 Å². The molecule has 0 radical (unpaired) electrons. The van der Waals surface area contributed by atoms with Gasteiger partial charge in [0.05, 0.1) is 31.3 Å². The number of rotatable bonds is 6. The van der Waals surface area contributed by atoms with E-state index in [9.17, 15) is 27.9 Å². The van der Waals surface area contributed by atoms with Crippen molar-refractivity contribution in [3.8, 4) is 0 Å². The van der Waals surface area contributed by atoms with Crippen LogP contribution in [0.3, 0.4) is 0 Å². The van der Waals surface area contributed by atoms with E-state index in [1.807, 2.05) is 6.92 Å². The van der Waals surface area contributed by atoms with Crippen molar-refractivity contribution in [3.05, 3.63) is 47.2 Å². The highest BCUT2D eigenvalue weighted by molar-refractivity contribution is 5.94. The van der Waals surface area contributed by atoms with Crippen LogP contribution in [0.15, 0.2) is 36.1 Å². The van der Waals surface area contributed by atoms with Gasteiger partial charge in [-0.15, -0.1) is 5.48 Å². The van der Waals surface area contributed by atoms with E-state index in [2.05, 4.69) is 10.8 Å². The Morgan fingerprint density at radius 3 is 2.62 bits per heavy atom. The lowest BCUT2D eigenvalue weighted by molar-refractivity contribution is -0.210. The van der Waals surface area contributed by atoms with Gasteiger partial charge in [0.15, 0.2) is 6.10 Å². The number of carbonyl (C=O) groups excluding carboxylic acids is 2. The van der Waals surface area contributed by atoms with Crippen LogP contribution >= 0.6 is 0 Å². The monoisotopic (exact) mass is 458 g/mol.